The summed E-state index contributed by atoms with van der Waals surface area (Å²) in [4.78, 5) is 4.28. The van der Waals surface area contributed by atoms with Gasteiger partial charge in [0.2, 0.25) is 0 Å². The van der Waals surface area contributed by atoms with Crippen molar-refractivity contribution in [3.05, 3.63) is 65.5 Å². The van der Waals surface area contributed by atoms with Gasteiger partial charge in [-0.3, -0.25) is 9.38 Å². The second-order valence-corrected chi connectivity index (χ2v) is 7.59. The van der Waals surface area contributed by atoms with E-state index in [1.165, 1.54) is 6.07 Å². The maximum absolute atomic E-state index is 14.7. The summed E-state index contributed by atoms with van der Waals surface area (Å²) in [5, 5.41) is 11.8. The third-order valence-electron chi connectivity index (χ3n) is 5.73. The summed E-state index contributed by atoms with van der Waals surface area (Å²) in [6.45, 7) is 3.13. The topological polar surface area (TPSA) is 73.6 Å². The molecule has 0 bridgehead atoms. The molecule has 0 radical (unpaired) electrons. The number of aromatic nitrogens is 4. The molecule has 1 N–H and O–H groups in total. The molecule has 2 aliphatic rings. The zero-order valence-corrected chi connectivity index (χ0v) is 17.4. The Hall–Kier alpha value is -3.39. The Morgan fingerprint density at radius 1 is 1.13 bits per heavy atom. The molecule has 0 fully saturated rings. The maximum Gasteiger partial charge on any atom is 0.170 e. The summed E-state index contributed by atoms with van der Waals surface area (Å²) >= 11 is 0. The first-order chi connectivity index (χ1) is 14.7. The molecule has 0 aliphatic carbocycles. The number of aryl methyl sites for hydroxylation is 1. The van der Waals surface area contributed by atoms with Crippen LogP contribution in [0.5, 0.6) is 11.5 Å². The van der Waals surface area contributed by atoms with Crippen molar-refractivity contribution in [3.63, 3.8) is 0 Å². The van der Waals surface area contributed by atoms with E-state index in [1.54, 1.807) is 18.6 Å². The maximum atomic E-state index is 14.7. The fourth-order valence-corrected chi connectivity index (χ4v) is 4.31. The molecule has 3 aromatic heterocycles. The SMILES string of the molecule is Cc1cc(-c2cc3c(n4cnnc24)NCc2c(F)ccc4c2[C@H](CO4)CO3)ccn1.Cl. The van der Waals surface area contributed by atoms with Gasteiger partial charge in [-0.25, -0.2) is 4.39 Å². The van der Waals surface area contributed by atoms with Crippen molar-refractivity contribution in [2.45, 2.75) is 19.4 Å². The fraction of sp³-hybridized carbons (Fsp3) is 0.227. The van der Waals surface area contributed by atoms with Gasteiger partial charge in [0.25, 0.3) is 0 Å². The van der Waals surface area contributed by atoms with Gasteiger partial charge in [0.1, 0.15) is 17.9 Å². The molecule has 2 aliphatic heterocycles. The van der Waals surface area contributed by atoms with E-state index in [0.29, 0.717) is 42.5 Å². The highest BCUT2D eigenvalue weighted by Crippen LogP contribution is 2.41. The number of fused-ring (bicyclic) bond motifs is 3. The van der Waals surface area contributed by atoms with Gasteiger partial charge in [-0.15, -0.1) is 22.6 Å². The second-order valence-electron chi connectivity index (χ2n) is 7.59. The zero-order chi connectivity index (χ0) is 20.2. The first-order valence-corrected chi connectivity index (χ1v) is 9.79. The summed E-state index contributed by atoms with van der Waals surface area (Å²) in [5.74, 6) is 1.82. The molecule has 7 nitrogen and oxygen atoms in total. The number of pyridine rings is 2. The van der Waals surface area contributed by atoms with Crippen LogP contribution < -0.4 is 14.8 Å². The van der Waals surface area contributed by atoms with E-state index in [4.69, 9.17) is 9.47 Å². The van der Waals surface area contributed by atoms with Gasteiger partial charge in [0.15, 0.2) is 17.2 Å². The molecule has 1 aromatic carbocycles. The van der Waals surface area contributed by atoms with Crippen molar-refractivity contribution in [1.29, 1.82) is 0 Å². The Morgan fingerprint density at radius 3 is 2.81 bits per heavy atom. The molecular formula is C22H19ClFN5O2. The molecule has 4 aromatic rings. The third-order valence-corrected chi connectivity index (χ3v) is 5.73. The van der Waals surface area contributed by atoms with E-state index in [1.807, 2.05) is 29.5 Å². The van der Waals surface area contributed by atoms with Gasteiger partial charge in [-0.2, -0.15) is 0 Å². The average molecular weight is 440 g/mol. The Bertz CT molecular complexity index is 1310. The molecule has 0 saturated heterocycles. The van der Waals surface area contributed by atoms with E-state index in [9.17, 15) is 4.39 Å². The molecule has 5 heterocycles. The third kappa shape index (κ3) is 3.06. The molecule has 9 heteroatoms. The molecule has 31 heavy (non-hydrogen) atoms. The van der Waals surface area contributed by atoms with Crippen LogP contribution in [0, 0.1) is 12.7 Å². The van der Waals surface area contributed by atoms with Crippen molar-refractivity contribution in [1.82, 2.24) is 19.6 Å². The number of ether oxygens (including phenoxy) is 2. The van der Waals surface area contributed by atoms with Crippen molar-refractivity contribution in [2.24, 2.45) is 0 Å². The smallest absolute Gasteiger partial charge is 0.170 e. The highest BCUT2D eigenvalue weighted by atomic mass is 35.5. The largest absolute Gasteiger partial charge is 0.493 e. The quantitative estimate of drug-likeness (QED) is 0.480. The number of rotatable bonds is 1. The number of anilines is 1. The number of halogens is 2. The number of hydrogen-bond acceptors (Lipinski definition) is 6. The van der Waals surface area contributed by atoms with E-state index in [-0.39, 0.29) is 24.1 Å². The standard InChI is InChI=1S/C22H18FN5O2.ClH/c1-12-6-13(4-5-24-12)15-7-19-22(28-11-26-27-21(15)28)25-8-16-17(23)2-3-18-20(16)14(9-29-18)10-30-19;/h2-7,11,14,25H,8-10H2,1H3;1H/t14-;/m1./s1. The monoisotopic (exact) mass is 439 g/mol. The van der Waals surface area contributed by atoms with Crippen LogP contribution in [0.3, 0.4) is 0 Å². The lowest BCUT2D eigenvalue weighted by Crippen LogP contribution is -2.13. The summed E-state index contributed by atoms with van der Waals surface area (Å²) < 4.78 is 28.6. The van der Waals surface area contributed by atoms with Gasteiger partial charge in [-0.05, 0) is 42.8 Å². The van der Waals surface area contributed by atoms with Gasteiger partial charge in [0, 0.05) is 35.1 Å². The minimum Gasteiger partial charge on any atom is -0.493 e. The molecule has 1 atom stereocenters. The van der Waals surface area contributed by atoms with Crippen LogP contribution in [0.1, 0.15) is 22.7 Å². The number of benzene rings is 1. The van der Waals surface area contributed by atoms with Crippen LogP contribution in [-0.2, 0) is 6.54 Å². The van der Waals surface area contributed by atoms with Gasteiger partial charge < -0.3 is 14.8 Å². The summed E-state index contributed by atoms with van der Waals surface area (Å²) in [5.41, 5.74) is 4.98. The van der Waals surface area contributed by atoms with Crippen molar-refractivity contribution >= 4 is 23.9 Å². The predicted octanol–water partition coefficient (Wildman–Crippen LogP) is 4.14. The predicted molar refractivity (Wildman–Crippen MR) is 116 cm³/mol. The van der Waals surface area contributed by atoms with Crippen molar-refractivity contribution in [3.8, 4) is 22.6 Å². The number of nitrogens with zero attached hydrogens (tertiary/aromatic N) is 4. The molecule has 0 unspecified atom stereocenters. The van der Waals surface area contributed by atoms with Crippen molar-refractivity contribution < 1.29 is 13.9 Å². The molecule has 6 rings (SSSR count). The Morgan fingerprint density at radius 2 is 1.97 bits per heavy atom. The van der Waals surface area contributed by atoms with Gasteiger partial charge in [-0.1, -0.05) is 0 Å². The summed E-state index contributed by atoms with van der Waals surface area (Å²) in [6.07, 6.45) is 3.41. The fourth-order valence-electron chi connectivity index (χ4n) is 4.31. The summed E-state index contributed by atoms with van der Waals surface area (Å²) in [6, 6.07) is 9.06. The lowest BCUT2D eigenvalue weighted by atomic mass is 9.96. The molecule has 0 spiro atoms. The normalized spacial score (nSPS) is 16.5. The van der Waals surface area contributed by atoms with Crippen molar-refractivity contribution in [2.75, 3.05) is 18.5 Å². The average Bonchev–Trinajstić information content (AvgIpc) is 3.39. The van der Waals surface area contributed by atoms with E-state index < -0.39 is 0 Å². The summed E-state index contributed by atoms with van der Waals surface area (Å²) in [7, 11) is 0. The Balaban J connectivity index is 0.00000204. The van der Waals surface area contributed by atoms with Crippen LogP contribution in [0.4, 0.5) is 10.2 Å². The minimum absolute atomic E-state index is 0. The van der Waals surface area contributed by atoms with E-state index >= 15 is 0 Å². The van der Waals surface area contributed by atoms with E-state index in [0.717, 1.165) is 28.1 Å². The van der Waals surface area contributed by atoms with E-state index in [2.05, 4.69) is 20.5 Å². The van der Waals surface area contributed by atoms with Crippen LogP contribution in [0.25, 0.3) is 16.8 Å². The minimum atomic E-state index is -0.246. The molecule has 158 valence electrons. The van der Waals surface area contributed by atoms with Gasteiger partial charge in [0.05, 0.1) is 19.1 Å². The first kappa shape index (κ1) is 19.6. The lowest BCUT2D eigenvalue weighted by molar-refractivity contribution is 0.249. The highest BCUT2D eigenvalue weighted by Gasteiger charge is 2.31. The van der Waals surface area contributed by atoms with Crippen LogP contribution in [0.2, 0.25) is 0 Å². The molecule has 0 amide bonds. The first-order valence-electron chi connectivity index (χ1n) is 9.79. The van der Waals surface area contributed by atoms with Gasteiger partial charge >= 0.3 is 0 Å². The zero-order valence-electron chi connectivity index (χ0n) is 16.6. The second kappa shape index (κ2) is 7.39. The Labute approximate surface area is 183 Å². The molecule has 0 saturated carbocycles. The van der Waals surface area contributed by atoms with Crippen LogP contribution in [0.15, 0.2) is 42.9 Å². The van der Waals surface area contributed by atoms with Crippen LogP contribution >= 0.6 is 12.4 Å². The van der Waals surface area contributed by atoms with Crippen LogP contribution in [-0.4, -0.2) is 32.8 Å². The number of hydrogen-bond donors (Lipinski definition) is 1. The lowest BCUT2D eigenvalue weighted by Gasteiger charge is -2.16. The number of nitrogens with one attached hydrogen (secondary N) is 1. The Kier molecular flexibility index (Phi) is 4.66. The molecular weight excluding hydrogens is 421 g/mol. The highest BCUT2D eigenvalue weighted by molar-refractivity contribution is 5.85.